The molecule has 0 saturated carbocycles. The molecule has 42 heavy (non-hydrogen) atoms. The average Bonchev–Trinajstić information content (AvgIpc) is 3.26. The van der Waals surface area contributed by atoms with Crippen LogP contribution in [0.1, 0.15) is 42.1 Å². The predicted octanol–water partition coefficient (Wildman–Crippen LogP) is 5.44. The molecule has 0 bridgehead atoms. The highest BCUT2D eigenvalue weighted by Crippen LogP contribution is 2.35. The highest BCUT2D eigenvalue weighted by atomic mass is 127. The van der Waals surface area contributed by atoms with Crippen molar-refractivity contribution in [3.05, 3.63) is 123 Å². The van der Waals surface area contributed by atoms with Gasteiger partial charge in [0.15, 0.2) is 16.3 Å². The summed E-state index contributed by atoms with van der Waals surface area (Å²) < 4.78 is 33.8. The van der Waals surface area contributed by atoms with Crippen LogP contribution in [0.3, 0.4) is 0 Å². The number of thiazole rings is 1. The number of aromatic nitrogens is 1. The van der Waals surface area contributed by atoms with E-state index in [0.29, 0.717) is 43.2 Å². The van der Waals surface area contributed by atoms with Crippen LogP contribution < -0.4 is 24.4 Å². The van der Waals surface area contributed by atoms with Gasteiger partial charge in [-0.05, 0) is 78.8 Å². The average molecular weight is 699 g/mol. The van der Waals surface area contributed by atoms with Crippen LogP contribution in [0.5, 0.6) is 11.5 Å². The van der Waals surface area contributed by atoms with Crippen LogP contribution in [0.15, 0.2) is 81.7 Å². The lowest BCUT2D eigenvalue weighted by Crippen LogP contribution is -2.39. The van der Waals surface area contributed by atoms with Crippen molar-refractivity contribution < 1.29 is 23.4 Å². The van der Waals surface area contributed by atoms with Gasteiger partial charge in [-0.3, -0.25) is 9.36 Å². The molecule has 2 heterocycles. The van der Waals surface area contributed by atoms with Crippen molar-refractivity contribution in [2.45, 2.75) is 33.4 Å². The van der Waals surface area contributed by atoms with E-state index in [1.54, 1.807) is 48.8 Å². The Morgan fingerprint density at radius 2 is 1.88 bits per heavy atom. The number of allylic oxidation sites excluding steroid dienone is 1. The lowest BCUT2D eigenvalue weighted by Gasteiger charge is -2.24. The summed E-state index contributed by atoms with van der Waals surface area (Å²) >= 11 is 3.38. The van der Waals surface area contributed by atoms with E-state index in [1.807, 2.05) is 37.3 Å². The summed E-state index contributed by atoms with van der Waals surface area (Å²) in [5.74, 6) is 0.0944. The number of ether oxygens (including phenoxy) is 3. The highest BCUT2D eigenvalue weighted by Gasteiger charge is 2.33. The first-order chi connectivity index (χ1) is 20.2. The number of aryl methyl sites for hydroxylation is 1. The first-order valence-electron chi connectivity index (χ1n) is 13.2. The number of rotatable bonds is 8. The summed E-state index contributed by atoms with van der Waals surface area (Å²) in [7, 11) is 1.53. The number of halogens is 2. The molecule has 0 saturated heterocycles. The third kappa shape index (κ3) is 5.91. The van der Waals surface area contributed by atoms with Crippen LogP contribution in [0, 0.1) is 16.3 Å². The molecule has 7 nitrogen and oxygen atoms in total. The van der Waals surface area contributed by atoms with E-state index in [1.165, 1.54) is 24.5 Å². The minimum Gasteiger partial charge on any atom is -0.493 e. The van der Waals surface area contributed by atoms with Gasteiger partial charge in [-0.1, -0.05) is 59.4 Å². The van der Waals surface area contributed by atoms with Gasteiger partial charge in [0.25, 0.3) is 5.56 Å². The zero-order chi connectivity index (χ0) is 30.0. The highest BCUT2D eigenvalue weighted by molar-refractivity contribution is 14.1. The molecular weight excluding hydrogens is 670 g/mol. The molecule has 3 aromatic carbocycles. The maximum absolute atomic E-state index is 14.1. The Hall–Kier alpha value is -3.77. The second-order valence-corrected chi connectivity index (χ2v) is 11.8. The number of nitrogens with zero attached hydrogens (tertiary/aromatic N) is 2. The molecule has 5 rings (SSSR count). The molecule has 1 aliphatic rings. The van der Waals surface area contributed by atoms with Gasteiger partial charge in [0, 0.05) is 5.56 Å². The third-order valence-corrected chi connectivity index (χ3v) is 8.57. The molecule has 0 N–H and O–H groups in total. The van der Waals surface area contributed by atoms with E-state index >= 15 is 0 Å². The van der Waals surface area contributed by atoms with E-state index < -0.39 is 12.0 Å². The van der Waals surface area contributed by atoms with Crippen molar-refractivity contribution in [3.8, 4) is 11.5 Å². The van der Waals surface area contributed by atoms with Crippen molar-refractivity contribution in [1.29, 1.82) is 0 Å². The summed E-state index contributed by atoms with van der Waals surface area (Å²) in [6.45, 7) is 5.74. The molecule has 0 aliphatic carbocycles. The molecule has 0 unspecified atom stereocenters. The van der Waals surface area contributed by atoms with Gasteiger partial charge in [0.1, 0.15) is 12.4 Å². The molecule has 0 fully saturated rings. The summed E-state index contributed by atoms with van der Waals surface area (Å²) in [4.78, 5) is 32.1. The SMILES string of the molecule is CCOC(=O)C1=C(C)N=c2s/c(=C/c3cc(I)c(OCc4ccccc4F)c(OC)c3)c(=O)n2[C@H]1c1ccc(C)cc1. The van der Waals surface area contributed by atoms with Gasteiger partial charge in [0.2, 0.25) is 0 Å². The summed E-state index contributed by atoms with van der Waals surface area (Å²) in [6, 6.07) is 17.1. The number of methoxy groups -OCH3 is 1. The molecule has 1 aromatic heterocycles. The zero-order valence-electron chi connectivity index (χ0n) is 23.4. The first kappa shape index (κ1) is 29.7. The molecular formula is C32H28FIN2O5S. The molecule has 0 amide bonds. The maximum atomic E-state index is 14.1. The second-order valence-electron chi connectivity index (χ2n) is 9.63. The van der Waals surface area contributed by atoms with Gasteiger partial charge in [0.05, 0.1) is 39.1 Å². The fraction of sp³-hybridized carbons (Fsp3) is 0.219. The Kier molecular flexibility index (Phi) is 8.93. The topological polar surface area (TPSA) is 79.1 Å². The van der Waals surface area contributed by atoms with Crippen LogP contribution in [-0.4, -0.2) is 24.3 Å². The van der Waals surface area contributed by atoms with Crippen molar-refractivity contribution >= 4 is 46.0 Å². The molecule has 1 aliphatic heterocycles. The number of hydrogen-bond acceptors (Lipinski definition) is 7. The summed E-state index contributed by atoms with van der Waals surface area (Å²) in [5.41, 5.74) is 3.58. The second kappa shape index (κ2) is 12.6. The van der Waals surface area contributed by atoms with Crippen LogP contribution in [0.4, 0.5) is 4.39 Å². The lowest BCUT2D eigenvalue weighted by molar-refractivity contribution is -0.139. The van der Waals surface area contributed by atoms with Gasteiger partial charge in [-0.25, -0.2) is 14.2 Å². The van der Waals surface area contributed by atoms with Crippen LogP contribution in [-0.2, 0) is 16.1 Å². The van der Waals surface area contributed by atoms with E-state index in [0.717, 1.165) is 14.7 Å². The predicted molar refractivity (Wildman–Crippen MR) is 168 cm³/mol. The lowest BCUT2D eigenvalue weighted by atomic mass is 9.95. The van der Waals surface area contributed by atoms with Crippen LogP contribution in [0.25, 0.3) is 6.08 Å². The van der Waals surface area contributed by atoms with E-state index in [2.05, 4.69) is 27.6 Å². The van der Waals surface area contributed by atoms with Gasteiger partial charge >= 0.3 is 5.97 Å². The van der Waals surface area contributed by atoms with E-state index in [4.69, 9.17) is 14.2 Å². The minimum atomic E-state index is -0.674. The Labute approximate surface area is 259 Å². The van der Waals surface area contributed by atoms with Gasteiger partial charge < -0.3 is 14.2 Å². The van der Waals surface area contributed by atoms with Crippen molar-refractivity contribution in [2.75, 3.05) is 13.7 Å². The van der Waals surface area contributed by atoms with E-state index in [9.17, 15) is 14.0 Å². The Balaban J connectivity index is 1.58. The summed E-state index contributed by atoms with van der Waals surface area (Å²) in [6.07, 6.45) is 1.77. The number of carbonyl (C=O) groups excluding carboxylic acids is 1. The largest absolute Gasteiger partial charge is 0.493 e. The van der Waals surface area contributed by atoms with Crippen molar-refractivity contribution in [3.63, 3.8) is 0 Å². The maximum Gasteiger partial charge on any atom is 0.338 e. The monoisotopic (exact) mass is 698 g/mol. The fourth-order valence-corrected chi connectivity index (χ4v) is 6.56. The molecule has 0 radical (unpaired) electrons. The molecule has 216 valence electrons. The zero-order valence-corrected chi connectivity index (χ0v) is 26.4. The Morgan fingerprint density at radius 1 is 1.14 bits per heavy atom. The van der Waals surface area contributed by atoms with Gasteiger partial charge in [-0.2, -0.15) is 0 Å². The minimum absolute atomic E-state index is 0.0398. The molecule has 1 atom stereocenters. The Morgan fingerprint density at radius 3 is 2.57 bits per heavy atom. The molecule has 10 heteroatoms. The number of fused-ring (bicyclic) bond motifs is 1. The molecule has 0 spiro atoms. The third-order valence-electron chi connectivity index (χ3n) is 6.79. The normalized spacial score (nSPS) is 14.8. The quantitative estimate of drug-likeness (QED) is 0.181. The van der Waals surface area contributed by atoms with E-state index in [-0.39, 0.29) is 24.6 Å². The number of benzene rings is 3. The summed E-state index contributed by atoms with van der Waals surface area (Å²) in [5, 5.41) is 0. The smallest absolute Gasteiger partial charge is 0.338 e. The number of carbonyl (C=O) groups is 1. The van der Waals surface area contributed by atoms with Crippen LogP contribution in [0.2, 0.25) is 0 Å². The van der Waals surface area contributed by atoms with Crippen LogP contribution >= 0.6 is 33.9 Å². The first-order valence-corrected chi connectivity index (χ1v) is 15.1. The number of hydrogen-bond donors (Lipinski definition) is 0. The van der Waals surface area contributed by atoms with Gasteiger partial charge in [-0.15, -0.1) is 0 Å². The number of esters is 1. The fourth-order valence-electron chi connectivity index (χ4n) is 4.74. The standard InChI is InChI=1S/C32H28FIN2O5S/c1-5-40-31(38)27-19(3)35-32-36(28(27)21-12-10-18(2)11-13-21)30(37)26(42-32)16-20-14-24(34)29(25(15-20)39-4)41-17-22-8-6-7-9-23(22)33/h6-16,28H,5,17H2,1-4H3/b26-16+/t28-/m0/s1. The van der Waals surface area contributed by atoms with Crippen molar-refractivity contribution in [2.24, 2.45) is 4.99 Å². The molecule has 4 aromatic rings. The van der Waals surface area contributed by atoms with Crippen molar-refractivity contribution in [1.82, 2.24) is 4.57 Å². The Bertz CT molecular complexity index is 1880.